The molecule has 0 aliphatic rings. The van der Waals surface area contributed by atoms with Crippen molar-refractivity contribution in [2.24, 2.45) is 0 Å². The number of pyridine rings is 1. The number of hydrogen-bond donors (Lipinski definition) is 2. The van der Waals surface area contributed by atoms with Gasteiger partial charge in [-0.2, -0.15) is 5.26 Å². The number of methoxy groups -OCH3 is 1. The Kier molecular flexibility index (Phi) is 4.55. The Morgan fingerprint density at radius 1 is 1.69 bits per heavy atom. The molecule has 0 amide bonds. The maximum Gasteiger partial charge on any atom is 0.144 e. The predicted octanol–water partition coefficient (Wildman–Crippen LogP) is 1.37. The van der Waals surface area contributed by atoms with Crippen LogP contribution in [0.25, 0.3) is 0 Å². The van der Waals surface area contributed by atoms with Gasteiger partial charge in [-0.1, -0.05) is 0 Å². The van der Waals surface area contributed by atoms with Gasteiger partial charge in [-0.3, -0.25) is 0 Å². The summed E-state index contributed by atoms with van der Waals surface area (Å²) < 4.78 is 4.98. The third-order valence-corrected chi connectivity index (χ3v) is 2.17. The number of ether oxygens (including phenoxy) is 1. The Morgan fingerprint density at radius 2 is 2.44 bits per heavy atom. The van der Waals surface area contributed by atoms with Gasteiger partial charge in [0.05, 0.1) is 17.4 Å². The van der Waals surface area contributed by atoms with E-state index in [4.69, 9.17) is 15.7 Å². The van der Waals surface area contributed by atoms with E-state index in [0.29, 0.717) is 23.7 Å². The topological polar surface area (TPSA) is 84.0 Å². The lowest BCUT2D eigenvalue weighted by molar-refractivity contribution is 0.191. The Morgan fingerprint density at radius 3 is 3.06 bits per heavy atom. The molecule has 1 heterocycles. The number of nitrogens with zero attached hydrogens (tertiary/aromatic N) is 2. The van der Waals surface area contributed by atoms with Gasteiger partial charge in [0.25, 0.3) is 0 Å². The molecule has 5 nitrogen and oxygen atoms in total. The first-order valence-corrected chi connectivity index (χ1v) is 5.08. The second kappa shape index (κ2) is 5.93. The Bertz CT molecular complexity index is 386. The molecule has 1 unspecified atom stereocenters. The molecule has 0 radical (unpaired) electrons. The standard InChI is InChI=1S/C11H16N4O/c1-8(3-4-16-2)15-11-9(6-12)5-10(13)7-14-11/h5,7-8H,3-4,13H2,1-2H3,(H,14,15). The minimum atomic E-state index is 0.197. The molecule has 0 saturated heterocycles. The van der Waals surface area contributed by atoms with E-state index in [2.05, 4.69) is 16.4 Å². The highest BCUT2D eigenvalue weighted by Gasteiger charge is 2.07. The number of nitrogens with two attached hydrogens (primary N) is 1. The van der Waals surface area contributed by atoms with Crippen molar-refractivity contribution < 1.29 is 4.74 Å². The van der Waals surface area contributed by atoms with Crippen molar-refractivity contribution in [1.29, 1.82) is 5.26 Å². The van der Waals surface area contributed by atoms with Crippen molar-refractivity contribution in [3.05, 3.63) is 17.8 Å². The lowest BCUT2D eigenvalue weighted by Gasteiger charge is -2.14. The third-order valence-electron chi connectivity index (χ3n) is 2.17. The van der Waals surface area contributed by atoms with Crippen molar-refractivity contribution in [3.63, 3.8) is 0 Å². The highest BCUT2D eigenvalue weighted by Crippen LogP contribution is 2.15. The van der Waals surface area contributed by atoms with Gasteiger partial charge >= 0.3 is 0 Å². The van der Waals surface area contributed by atoms with Crippen LogP contribution in [0.3, 0.4) is 0 Å². The van der Waals surface area contributed by atoms with Crippen LogP contribution in [0.15, 0.2) is 12.3 Å². The van der Waals surface area contributed by atoms with Gasteiger partial charge in [0, 0.05) is 19.8 Å². The Labute approximate surface area is 95.2 Å². The smallest absolute Gasteiger partial charge is 0.144 e. The summed E-state index contributed by atoms with van der Waals surface area (Å²) in [5, 5.41) is 12.1. The predicted molar refractivity (Wildman–Crippen MR) is 62.9 cm³/mol. The van der Waals surface area contributed by atoms with Crippen molar-refractivity contribution in [2.45, 2.75) is 19.4 Å². The monoisotopic (exact) mass is 220 g/mol. The number of anilines is 2. The molecule has 5 heteroatoms. The van der Waals surface area contributed by atoms with Gasteiger partial charge in [-0.15, -0.1) is 0 Å². The SMILES string of the molecule is COCCC(C)Nc1ncc(N)cc1C#N. The number of hydrogen-bond acceptors (Lipinski definition) is 5. The molecular formula is C11H16N4O. The van der Waals surface area contributed by atoms with Gasteiger partial charge in [-0.05, 0) is 19.4 Å². The summed E-state index contributed by atoms with van der Waals surface area (Å²) in [5.74, 6) is 0.570. The number of nitriles is 1. The molecule has 1 aromatic rings. The molecule has 0 fully saturated rings. The summed E-state index contributed by atoms with van der Waals surface area (Å²) in [5.41, 5.74) is 6.51. The summed E-state index contributed by atoms with van der Waals surface area (Å²) in [6.07, 6.45) is 2.39. The lowest BCUT2D eigenvalue weighted by Crippen LogP contribution is -2.18. The van der Waals surface area contributed by atoms with Gasteiger partial charge < -0.3 is 15.8 Å². The van der Waals surface area contributed by atoms with Gasteiger partial charge in [0.15, 0.2) is 0 Å². The van der Waals surface area contributed by atoms with Crippen molar-refractivity contribution >= 4 is 11.5 Å². The van der Waals surface area contributed by atoms with E-state index in [1.165, 1.54) is 6.20 Å². The first kappa shape index (κ1) is 12.3. The minimum Gasteiger partial charge on any atom is -0.397 e. The van der Waals surface area contributed by atoms with E-state index in [9.17, 15) is 0 Å². The molecule has 0 saturated carbocycles. The van der Waals surface area contributed by atoms with Crippen LogP contribution < -0.4 is 11.1 Å². The maximum absolute atomic E-state index is 8.92. The average Bonchev–Trinajstić information content (AvgIpc) is 2.28. The van der Waals surface area contributed by atoms with Crippen LogP contribution in [0.2, 0.25) is 0 Å². The molecule has 1 rings (SSSR count). The van der Waals surface area contributed by atoms with Gasteiger partial charge in [-0.25, -0.2) is 4.98 Å². The molecule has 0 aliphatic carbocycles. The van der Waals surface area contributed by atoms with E-state index in [0.717, 1.165) is 6.42 Å². The van der Waals surface area contributed by atoms with Crippen LogP contribution in [0.4, 0.5) is 11.5 Å². The largest absolute Gasteiger partial charge is 0.397 e. The molecule has 0 spiro atoms. The normalized spacial score (nSPS) is 11.8. The molecule has 0 bridgehead atoms. The van der Waals surface area contributed by atoms with E-state index in [1.807, 2.05) is 6.92 Å². The van der Waals surface area contributed by atoms with Crippen LogP contribution in [0, 0.1) is 11.3 Å². The fourth-order valence-corrected chi connectivity index (χ4v) is 1.28. The van der Waals surface area contributed by atoms with E-state index in [-0.39, 0.29) is 6.04 Å². The highest BCUT2D eigenvalue weighted by atomic mass is 16.5. The van der Waals surface area contributed by atoms with Crippen LogP contribution in [0.1, 0.15) is 18.9 Å². The van der Waals surface area contributed by atoms with Crippen LogP contribution in [0.5, 0.6) is 0 Å². The molecule has 1 aromatic heterocycles. The van der Waals surface area contributed by atoms with E-state index in [1.54, 1.807) is 13.2 Å². The molecule has 3 N–H and O–H groups in total. The molecule has 0 aliphatic heterocycles. The number of rotatable bonds is 5. The molecule has 1 atom stereocenters. The quantitative estimate of drug-likeness (QED) is 0.783. The van der Waals surface area contributed by atoms with E-state index >= 15 is 0 Å². The number of aromatic nitrogens is 1. The summed E-state index contributed by atoms with van der Waals surface area (Å²) in [6, 6.07) is 3.87. The number of nitrogen functional groups attached to an aromatic ring is 1. The second-order valence-electron chi connectivity index (χ2n) is 3.60. The first-order valence-electron chi connectivity index (χ1n) is 5.08. The average molecular weight is 220 g/mol. The van der Waals surface area contributed by atoms with Crippen LogP contribution >= 0.6 is 0 Å². The molecule has 0 aromatic carbocycles. The lowest BCUT2D eigenvalue weighted by atomic mass is 10.2. The van der Waals surface area contributed by atoms with Crippen LogP contribution in [-0.4, -0.2) is 24.7 Å². The first-order chi connectivity index (χ1) is 7.67. The third kappa shape index (κ3) is 3.41. The fourth-order valence-electron chi connectivity index (χ4n) is 1.28. The second-order valence-corrected chi connectivity index (χ2v) is 3.60. The molecular weight excluding hydrogens is 204 g/mol. The molecule has 16 heavy (non-hydrogen) atoms. The summed E-state index contributed by atoms with van der Waals surface area (Å²) in [4.78, 5) is 4.10. The number of nitrogens with one attached hydrogen (secondary N) is 1. The van der Waals surface area contributed by atoms with Crippen LogP contribution in [-0.2, 0) is 4.74 Å². The summed E-state index contributed by atoms with van der Waals surface area (Å²) >= 11 is 0. The maximum atomic E-state index is 8.92. The zero-order chi connectivity index (χ0) is 12.0. The summed E-state index contributed by atoms with van der Waals surface area (Å²) in [7, 11) is 1.66. The van der Waals surface area contributed by atoms with Gasteiger partial charge in [0.1, 0.15) is 11.9 Å². The van der Waals surface area contributed by atoms with Crippen molar-refractivity contribution in [1.82, 2.24) is 4.98 Å². The zero-order valence-electron chi connectivity index (χ0n) is 9.53. The minimum absolute atomic E-state index is 0.197. The fraction of sp³-hybridized carbons (Fsp3) is 0.455. The van der Waals surface area contributed by atoms with Gasteiger partial charge in [0.2, 0.25) is 0 Å². The van der Waals surface area contributed by atoms with Crippen molar-refractivity contribution in [2.75, 3.05) is 24.8 Å². The highest BCUT2D eigenvalue weighted by molar-refractivity contribution is 5.57. The van der Waals surface area contributed by atoms with Crippen molar-refractivity contribution in [3.8, 4) is 6.07 Å². The molecule has 86 valence electrons. The Balaban J connectivity index is 2.70. The zero-order valence-corrected chi connectivity index (χ0v) is 9.53. The van der Waals surface area contributed by atoms with E-state index < -0.39 is 0 Å². The Hall–Kier alpha value is -1.80. The summed E-state index contributed by atoms with van der Waals surface area (Å²) in [6.45, 7) is 2.68.